The molecule has 3 aromatic carbocycles. The average molecular weight is 406 g/mol. The second-order valence-corrected chi connectivity index (χ2v) is 9.32. The molecule has 2 aliphatic rings. The summed E-state index contributed by atoms with van der Waals surface area (Å²) < 4.78 is 6.64. The van der Waals surface area contributed by atoms with Crippen LogP contribution in [-0.2, 0) is 0 Å². The molecular weight excluding hydrogens is 378 g/mol. The Hall–Kier alpha value is -2.03. The average Bonchev–Trinajstić information content (AvgIpc) is 3.16. The Morgan fingerprint density at radius 1 is 1.03 bits per heavy atom. The van der Waals surface area contributed by atoms with Crippen molar-refractivity contribution in [1.29, 1.82) is 0 Å². The second kappa shape index (κ2) is 7.34. The zero-order valence-corrected chi connectivity index (χ0v) is 17.9. The minimum absolute atomic E-state index is 0.0215. The third kappa shape index (κ3) is 3.53. The molecule has 2 unspecified atom stereocenters. The molecule has 5 rings (SSSR count). The van der Waals surface area contributed by atoms with Crippen molar-refractivity contribution in [2.24, 2.45) is 0 Å². The van der Waals surface area contributed by atoms with Crippen molar-refractivity contribution in [3.63, 3.8) is 0 Å². The topological polar surface area (TPSA) is 21.3 Å². The molecule has 0 aromatic heterocycles. The molecule has 150 valence electrons. The first-order chi connectivity index (χ1) is 14.0. The quantitative estimate of drug-likeness (QED) is 0.494. The molecule has 2 nitrogen and oxygen atoms in total. The minimum Gasteiger partial charge on any atom is -0.487 e. The summed E-state index contributed by atoms with van der Waals surface area (Å²) >= 11 is 6.43. The molecule has 1 spiro atoms. The lowest BCUT2D eigenvalue weighted by molar-refractivity contribution is 0.0343. The van der Waals surface area contributed by atoms with Crippen LogP contribution in [-0.4, -0.2) is 5.60 Å². The van der Waals surface area contributed by atoms with Gasteiger partial charge in [0, 0.05) is 29.1 Å². The summed E-state index contributed by atoms with van der Waals surface area (Å²) in [6, 6.07) is 19.9. The summed E-state index contributed by atoms with van der Waals surface area (Å²) in [6.45, 7) is 4.38. The molecule has 1 fully saturated rings. The molecule has 29 heavy (non-hydrogen) atoms. The lowest BCUT2D eigenvalue weighted by Crippen LogP contribution is -2.43. The summed E-state index contributed by atoms with van der Waals surface area (Å²) in [5.74, 6) is 1.05. The highest BCUT2D eigenvalue weighted by Gasteiger charge is 2.44. The second-order valence-electron chi connectivity index (χ2n) is 8.88. The number of benzene rings is 3. The highest BCUT2D eigenvalue weighted by atomic mass is 35.5. The lowest BCUT2D eigenvalue weighted by atomic mass is 9.84. The first-order valence-electron chi connectivity index (χ1n) is 10.8. The monoisotopic (exact) mass is 405 g/mol. The number of ether oxygens (including phenoxy) is 1. The molecule has 1 aliphatic heterocycles. The number of nitrogens with one attached hydrogen (secondary N) is 1. The van der Waals surface area contributed by atoms with Gasteiger partial charge in [-0.05, 0) is 79.6 Å². The van der Waals surface area contributed by atoms with Crippen LogP contribution in [0.4, 0.5) is 0 Å². The summed E-state index contributed by atoms with van der Waals surface area (Å²) in [5.41, 5.74) is 3.64. The van der Waals surface area contributed by atoms with Gasteiger partial charge >= 0.3 is 0 Å². The molecule has 0 amide bonds. The van der Waals surface area contributed by atoms with Crippen LogP contribution in [0.5, 0.6) is 5.75 Å². The van der Waals surface area contributed by atoms with Crippen LogP contribution in [0.1, 0.15) is 67.8 Å². The van der Waals surface area contributed by atoms with Gasteiger partial charge in [0.1, 0.15) is 11.4 Å². The van der Waals surface area contributed by atoms with Gasteiger partial charge in [-0.25, -0.2) is 0 Å². The predicted octanol–water partition coefficient (Wildman–Crippen LogP) is 7.29. The Balaban J connectivity index is 1.48. The van der Waals surface area contributed by atoms with Crippen molar-refractivity contribution < 1.29 is 4.74 Å². The summed E-state index contributed by atoms with van der Waals surface area (Å²) in [4.78, 5) is 0. The largest absolute Gasteiger partial charge is 0.487 e. The Bertz CT molecular complexity index is 1050. The SMILES string of the molecule is Cc1cc(Cl)cc2c1OC1(CCCC1)CC2NC(C)c1ccc2ccccc2c1. The predicted molar refractivity (Wildman–Crippen MR) is 121 cm³/mol. The van der Waals surface area contributed by atoms with E-state index in [-0.39, 0.29) is 17.7 Å². The van der Waals surface area contributed by atoms with E-state index >= 15 is 0 Å². The fourth-order valence-corrected chi connectivity index (χ4v) is 5.52. The van der Waals surface area contributed by atoms with E-state index < -0.39 is 0 Å². The van der Waals surface area contributed by atoms with Gasteiger partial charge in [-0.2, -0.15) is 0 Å². The maximum atomic E-state index is 6.64. The Morgan fingerprint density at radius 2 is 1.79 bits per heavy atom. The van der Waals surface area contributed by atoms with Gasteiger partial charge in [-0.3, -0.25) is 0 Å². The highest BCUT2D eigenvalue weighted by molar-refractivity contribution is 6.30. The zero-order valence-electron chi connectivity index (χ0n) is 17.2. The lowest BCUT2D eigenvalue weighted by Gasteiger charge is -2.42. The number of rotatable bonds is 3. The number of fused-ring (bicyclic) bond motifs is 2. The molecule has 3 heteroatoms. The molecule has 1 N–H and O–H groups in total. The third-order valence-corrected chi connectivity index (χ3v) is 7.00. The molecule has 0 radical (unpaired) electrons. The smallest absolute Gasteiger partial charge is 0.127 e. The van der Waals surface area contributed by atoms with Crippen LogP contribution in [0.2, 0.25) is 5.02 Å². The summed E-state index contributed by atoms with van der Waals surface area (Å²) in [5, 5.41) is 7.29. The highest BCUT2D eigenvalue weighted by Crippen LogP contribution is 2.49. The van der Waals surface area contributed by atoms with E-state index in [1.165, 1.54) is 34.7 Å². The molecular formula is C26H28ClNO. The van der Waals surface area contributed by atoms with E-state index in [0.717, 1.165) is 35.6 Å². The number of hydrogen-bond acceptors (Lipinski definition) is 2. The van der Waals surface area contributed by atoms with Gasteiger partial charge in [-0.15, -0.1) is 0 Å². The summed E-state index contributed by atoms with van der Waals surface area (Å²) in [6.07, 6.45) is 5.83. The van der Waals surface area contributed by atoms with Crippen molar-refractivity contribution in [3.05, 3.63) is 76.3 Å². The van der Waals surface area contributed by atoms with E-state index in [4.69, 9.17) is 16.3 Å². The van der Waals surface area contributed by atoms with Gasteiger partial charge in [0.05, 0.1) is 0 Å². The minimum atomic E-state index is -0.0215. The van der Waals surface area contributed by atoms with Gasteiger partial charge in [0.15, 0.2) is 0 Å². The number of hydrogen-bond donors (Lipinski definition) is 1. The molecule has 3 aromatic rings. The van der Waals surface area contributed by atoms with Crippen molar-refractivity contribution >= 4 is 22.4 Å². The van der Waals surface area contributed by atoms with E-state index in [0.29, 0.717) is 0 Å². The van der Waals surface area contributed by atoms with Crippen molar-refractivity contribution in [1.82, 2.24) is 5.32 Å². The van der Waals surface area contributed by atoms with Crippen LogP contribution in [0.25, 0.3) is 10.8 Å². The molecule has 0 bridgehead atoms. The van der Waals surface area contributed by atoms with Crippen LogP contribution in [0.3, 0.4) is 0 Å². The van der Waals surface area contributed by atoms with Crippen LogP contribution in [0, 0.1) is 6.92 Å². The van der Waals surface area contributed by atoms with Gasteiger partial charge in [0.2, 0.25) is 0 Å². The Labute approximate surface area is 178 Å². The Morgan fingerprint density at radius 3 is 2.59 bits per heavy atom. The van der Waals surface area contributed by atoms with Crippen molar-refractivity contribution in [2.75, 3.05) is 0 Å². The standard InChI is InChI=1S/C26H28ClNO/c1-17-13-22(27)15-23-24(16-26(29-25(17)23)11-5-6-12-26)28-18(2)20-10-9-19-7-3-4-8-21(19)14-20/h3-4,7-10,13-15,18,24,28H,5-6,11-12,16H2,1-2H3. The van der Waals surface area contributed by atoms with Gasteiger partial charge in [-0.1, -0.05) is 48.0 Å². The maximum Gasteiger partial charge on any atom is 0.127 e. The van der Waals surface area contributed by atoms with Crippen LogP contribution < -0.4 is 10.1 Å². The van der Waals surface area contributed by atoms with Crippen molar-refractivity contribution in [2.45, 2.75) is 63.6 Å². The van der Waals surface area contributed by atoms with E-state index in [9.17, 15) is 0 Å². The van der Waals surface area contributed by atoms with Crippen LogP contribution in [0.15, 0.2) is 54.6 Å². The first kappa shape index (κ1) is 19.0. The van der Waals surface area contributed by atoms with E-state index in [2.05, 4.69) is 67.7 Å². The first-order valence-corrected chi connectivity index (χ1v) is 11.1. The van der Waals surface area contributed by atoms with E-state index in [1.54, 1.807) is 0 Å². The molecule has 1 saturated carbocycles. The van der Waals surface area contributed by atoms with Crippen molar-refractivity contribution in [3.8, 4) is 5.75 Å². The zero-order chi connectivity index (χ0) is 20.0. The summed E-state index contributed by atoms with van der Waals surface area (Å²) in [7, 11) is 0. The molecule has 2 atom stereocenters. The fraction of sp³-hybridized carbons (Fsp3) is 0.385. The van der Waals surface area contributed by atoms with E-state index in [1.807, 2.05) is 6.07 Å². The molecule has 0 saturated heterocycles. The van der Waals surface area contributed by atoms with Crippen LogP contribution >= 0.6 is 11.6 Å². The fourth-order valence-electron chi connectivity index (χ4n) is 5.24. The third-order valence-electron chi connectivity index (χ3n) is 6.78. The van der Waals surface area contributed by atoms with Gasteiger partial charge < -0.3 is 10.1 Å². The normalized spacial score (nSPS) is 21.1. The molecule has 1 heterocycles. The number of aryl methyl sites for hydroxylation is 1. The number of halogens is 1. The molecule has 1 aliphatic carbocycles. The van der Waals surface area contributed by atoms with Gasteiger partial charge in [0.25, 0.3) is 0 Å². The maximum absolute atomic E-state index is 6.64. The Kier molecular flexibility index (Phi) is 4.80.